The monoisotopic (exact) mass is 437 g/mol. The summed E-state index contributed by atoms with van der Waals surface area (Å²) in [5.41, 5.74) is 6.07. The third-order valence-electron chi connectivity index (χ3n) is 6.05. The Morgan fingerprint density at radius 2 is 2.00 bits per heavy atom. The van der Waals surface area contributed by atoms with Gasteiger partial charge in [0.15, 0.2) is 0 Å². The number of rotatable bonds is 3. The van der Waals surface area contributed by atoms with Gasteiger partial charge in [-0.1, -0.05) is 36.9 Å². The molecule has 6 heteroatoms. The lowest BCUT2D eigenvalue weighted by atomic mass is 9.95. The Hall–Kier alpha value is -3.77. The zero-order valence-electron chi connectivity index (χ0n) is 18.8. The molecule has 2 aliphatic heterocycles. The Labute approximate surface area is 194 Å². The molecular formula is C27H27N5O. The van der Waals surface area contributed by atoms with Gasteiger partial charge in [0, 0.05) is 49.0 Å². The lowest BCUT2D eigenvalue weighted by molar-refractivity contribution is 0.0151. The summed E-state index contributed by atoms with van der Waals surface area (Å²) in [5.74, 6) is 0.885. The Kier molecular flexibility index (Phi) is 6.00. The molecule has 0 amide bonds. The molecule has 1 saturated heterocycles. The van der Waals surface area contributed by atoms with Crippen LogP contribution in [0.5, 0.6) is 0 Å². The van der Waals surface area contributed by atoms with Crippen LogP contribution in [0.15, 0.2) is 102 Å². The number of ether oxygens (including phenoxy) is 1. The molecule has 3 aliphatic rings. The molecule has 1 fully saturated rings. The Bertz CT molecular complexity index is 1180. The minimum Gasteiger partial charge on any atom is -0.370 e. The van der Waals surface area contributed by atoms with Crippen LogP contribution in [0.1, 0.15) is 17.7 Å². The SMILES string of the molecule is C=C1C=C(c2ccncc2)N=C(N2CCOC(C3=CC=CCC=C3c3ccccn3)C2)N1C. The van der Waals surface area contributed by atoms with E-state index in [1.807, 2.05) is 48.5 Å². The summed E-state index contributed by atoms with van der Waals surface area (Å²) in [6.07, 6.45) is 16.9. The molecule has 0 bridgehead atoms. The van der Waals surface area contributed by atoms with Crippen molar-refractivity contribution < 1.29 is 4.74 Å². The van der Waals surface area contributed by atoms with Gasteiger partial charge >= 0.3 is 0 Å². The highest BCUT2D eigenvalue weighted by Gasteiger charge is 2.31. The molecule has 1 unspecified atom stereocenters. The second-order valence-electron chi connectivity index (χ2n) is 8.15. The van der Waals surface area contributed by atoms with Crippen LogP contribution in [0.2, 0.25) is 0 Å². The smallest absolute Gasteiger partial charge is 0.206 e. The number of nitrogens with zero attached hydrogens (tertiary/aromatic N) is 5. The average molecular weight is 438 g/mol. The Morgan fingerprint density at radius 3 is 2.82 bits per heavy atom. The van der Waals surface area contributed by atoms with E-state index in [9.17, 15) is 0 Å². The fraction of sp³-hybridized carbons (Fsp3) is 0.222. The van der Waals surface area contributed by atoms with Crippen molar-refractivity contribution in [2.75, 3.05) is 26.7 Å². The molecule has 0 radical (unpaired) electrons. The molecule has 0 N–H and O–H groups in total. The first kappa shape index (κ1) is 21.1. The standard InChI is InChI=1S/C27H27N5O/c1-20-18-25(21-11-14-28-15-12-21)30-27(31(20)2)32-16-17-33-26(19-32)23-9-5-3-4-8-22(23)24-10-6-7-13-29-24/h3,5-15,18,26H,1,4,16-17,19H2,2H3. The number of hydrogen-bond donors (Lipinski definition) is 0. The molecule has 5 rings (SSSR count). The Morgan fingerprint density at radius 1 is 1.12 bits per heavy atom. The molecule has 2 aromatic rings. The Balaban J connectivity index is 1.44. The molecule has 0 spiro atoms. The van der Waals surface area contributed by atoms with Gasteiger partial charge in [-0.05, 0) is 42.3 Å². The van der Waals surface area contributed by atoms with Crippen LogP contribution in [-0.2, 0) is 4.74 Å². The van der Waals surface area contributed by atoms with E-state index < -0.39 is 0 Å². The fourth-order valence-electron chi connectivity index (χ4n) is 4.27. The van der Waals surface area contributed by atoms with Crippen molar-refractivity contribution >= 4 is 17.2 Å². The first-order chi connectivity index (χ1) is 16.2. The zero-order valence-corrected chi connectivity index (χ0v) is 18.8. The van der Waals surface area contributed by atoms with Gasteiger partial charge in [0.1, 0.15) is 6.10 Å². The zero-order chi connectivity index (χ0) is 22.6. The van der Waals surface area contributed by atoms with Crippen LogP contribution >= 0.6 is 0 Å². The van der Waals surface area contributed by atoms with Crippen LogP contribution in [0.4, 0.5) is 0 Å². The predicted octanol–water partition coefficient (Wildman–Crippen LogP) is 4.30. The number of aromatic nitrogens is 2. The van der Waals surface area contributed by atoms with Crippen molar-refractivity contribution in [3.8, 4) is 0 Å². The third-order valence-corrected chi connectivity index (χ3v) is 6.05. The van der Waals surface area contributed by atoms with Crippen molar-refractivity contribution in [2.45, 2.75) is 12.5 Å². The lowest BCUT2D eigenvalue weighted by Crippen LogP contribution is -2.51. The van der Waals surface area contributed by atoms with Crippen LogP contribution in [0.25, 0.3) is 11.3 Å². The number of hydrogen-bond acceptors (Lipinski definition) is 6. The highest BCUT2D eigenvalue weighted by molar-refractivity contribution is 5.91. The number of aliphatic imine (C=N–C) groups is 1. The van der Waals surface area contributed by atoms with Gasteiger partial charge in [-0.3, -0.25) is 9.97 Å². The maximum Gasteiger partial charge on any atom is 0.206 e. The van der Waals surface area contributed by atoms with E-state index in [-0.39, 0.29) is 6.10 Å². The number of allylic oxidation sites excluding steroid dienone is 5. The molecule has 4 heterocycles. The van der Waals surface area contributed by atoms with E-state index in [0.29, 0.717) is 13.2 Å². The molecule has 166 valence electrons. The van der Waals surface area contributed by atoms with Crippen molar-refractivity contribution in [1.82, 2.24) is 19.8 Å². The third kappa shape index (κ3) is 4.43. The summed E-state index contributed by atoms with van der Waals surface area (Å²) in [6, 6.07) is 9.97. The van der Waals surface area contributed by atoms with Gasteiger partial charge in [-0.2, -0.15) is 0 Å². The summed E-state index contributed by atoms with van der Waals surface area (Å²) in [6.45, 7) is 6.33. The number of likely N-dealkylation sites (N-methyl/N-ethyl adjacent to an activating group) is 1. The summed E-state index contributed by atoms with van der Waals surface area (Å²) < 4.78 is 6.29. The number of pyridine rings is 2. The molecule has 1 atom stereocenters. The first-order valence-corrected chi connectivity index (χ1v) is 11.2. The molecule has 2 aromatic heterocycles. The van der Waals surface area contributed by atoms with Gasteiger partial charge < -0.3 is 14.5 Å². The number of guanidine groups is 1. The minimum atomic E-state index is -0.0885. The van der Waals surface area contributed by atoms with Gasteiger partial charge in [-0.15, -0.1) is 0 Å². The van der Waals surface area contributed by atoms with E-state index in [4.69, 9.17) is 9.73 Å². The highest BCUT2D eigenvalue weighted by Crippen LogP contribution is 2.31. The second-order valence-corrected chi connectivity index (χ2v) is 8.15. The molecule has 0 aromatic carbocycles. The molecule has 6 nitrogen and oxygen atoms in total. The maximum absolute atomic E-state index is 6.29. The van der Waals surface area contributed by atoms with E-state index in [2.05, 4.69) is 51.8 Å². The summed E-state index contributed by atoms with van der Waals surface area (Å²) >= 11 is 0. The topological polar surface area (TPSA) is 53.9 Å². The summed E-state index contributed by atoms with van der Waals surface area (Å²) in [4.78, 5) is 18.1. The average Bonchev–Trinajstić information content (AvgIpc) is 3.13. The number of morpholine rings is 1. The molecule has 1 aliphatic carbocycles. The molecule has 0 saturated carbocycles. The summed E-state index contributed by atoms with van der Waals surface area (Å²) in [7, 11) is 2.01. The van der Waals surface area contributed by atoms with Crippen molar-refractivity contribution in [1.29, 1.82) is 0 Å². The molecule has 33 heavy (non-hydrogen) atoms. The lowest BCUT2D eigenvalue weighted by Gasteiger charge is -2.40. The van der Waals surface area contributed by atoms with Gasteiger partial charge in [0.2, 0.25) is 5.96 Å². The van der Waals surface area contributed by atoms with Crippen molar-refractivity contribution in [3.63, 3.8) is 0 Å². The van der Waals surface area contributed by atoms with E-state index in [1.54, 1.807) is 12.4 Å². The minimum absolute atomic E-state index is 0.0885. The normalized spacial score (nSPS) is 21.1. The summed E-state index contributed by atoms with van der Waals surface area (Å²) in [5, 5.41) is 0. The van der Waals surface area contributed by atoms with Crippen LogP contribution < -0.4 is 0 Å². The van der Waals surface area contributed by atoms with Gasteiger partial charge in [0.05, 0.1) is 24.5 Å². The highest BCUT2D eigenvalue weighted by atomic mass is 16.5. The van der Waals surface area contributed by atoms with E-state index >= 15 is 0 Å². The molecular weight excluding hydrogens is 410 g/mol. The van der Waals surface area contributed by atoms with Crippen molar-refractivity contribution in [2.24, 2.45) is 4.99 Å². The van der Waals surface area contributed by atoms with Crippen LogP contribution in [0.3, 0.4) is 0 Å². The van der Waals surface area contributed by atoms with Gasteiger partial charge in [-0.25, -0.2) is 4.99 Å². The van der Waals surface area contributed by atoms with E-state index in [1.165, 1.54) is 0 Å². The quantitative estimate of drug-likeness (QED) is 0.717. The second kappa shape index (κ2) is 9.38. The van der Waals surface area contributed by atoms with Crippen LogP contribution in [0, 0.1) is 0 Å². The van der Waals surface area contributed by atoms with Gasteiger partial charge in [0.25, 0.3) is 0 Å². The van der Waals surface area contributed by atoms with Crippen LogP contribution in [-0.4, -0.2) is 58.6 Å². The first-order valence-electron chi connectivity index (χ1n) is 11.2. The predicted molar refractivity (Wildman–Crippen MR) is 132 cm³/mol. The largest absolute Gasteiger partial charge is 0.370 e. The van der Waals surface area contributed by atoms with E-state index in [0.717, 1.165) is 52.7 Å². The maximum atomic E-state index is 6.29. The van der Waals surface area contributed by atoms with Crippen molar-refractivity contribution in [3.05, 3.63) is 108 Å². The fourth-order valence-corrected chi connectivity index (χ4v) is 4.27.